The average molecular weight is 591 g/mol. The zero-order valence-electron chi connectivity index (χ0n) is 26.0. The molecule has 0 aliphatic rings. The number of benzene rings is 3. The van der Waals surface area contributed by atoms with Crippen LogP contribution in [0.1, 0.15) is 126 Å². The molecule has 0 heterocycles. The van der Waals surface area contributed by atoms with Crippen molar-refractivity contribution in [3.05, 3.63) is 82.9 Å². The SMILES string of the molecule is CCCCCCCCCCc1ccc(OC(=O)c2ccc(-c3ccc(OCCCCCCCCC)c(Cl)c3)cc2)cc1. The fourth-order valence-electron chi connectivity index (χ4n) is 5.19. The van der Waals surface area contributed by atoms with Gasteiger partial charge in [0.15, 0.2) is 0 Å². The molecule has 3 rings (SSSR count). The molecule has 3 aromatic carbocycles. The monoisotopic (exact) mass is 590 g/mol. The van der Waals surface area contributed by atoms with Gasteiger partial charge >= 0.3 is 5.97 Å². The lowest BCUT2D eigenvalue weighted by Gasteiger charge is -2.10. The minimum absolute atomic E-state index is 0.357. The summed E-state index contributed by atoms with van der Waals surface area (Å²) in [5.41, 5.74) is 3.77. The third kappa shape index (κ3) is 12.6. The minimum Gasteiger partial charge on any atom is -0.492 e. The Labute approximate surface area is 260 Å². The summed E-state index contributed by atoms with van der Waals surface area (Å²) in [6, 6.07) is 21.2. The van der Waals surface area contributed by atoms with Crippen LogP contribution in [-0.2, 0) is 6.42 Å². The lowest BCUT2D eigenvalue weighted by molar-refractivity contribution is 0.0734. The van der Waals surface area contributed by atoms with Gasteiger partial charge in [0.05, 0.1) is 17.2 Å². The maximum atomic E-state index is 12.7. The summed E-state index contributed by atoms with van der Waals surface area (Å²) in [5.74, 6) is 0.933. The van der Waals surface area contributed by atoms with Crippen molar-refractivity contribution in [2.24, 2.45) is 0 Å². The Balaban J connectivity index is 1.40. The normalized spacial score (nSPS) is 11.0. The quantitative estimate of drug-likeness (QED) is 0.0703. The Morgan fingerprint density at radius 3 is 1.76 bits per heavy atom. The van der Waals surface area contributed by atoms with Gasteiger partial charge in [-0.2, -0.15) is 0 Å². The smallest absolute Gasteiger partial charge is 0.343 e. The highest BCUT2D eigenvalue weighted by Gasteiger charge is 2.11. The standard InChI is InChI=1S/C38H51ClO3/c1-3-5-7-9-11-12-14-16-18-31-19-26-35(27-20-31)42-38(40)33-23-21-32(22-24-33)34-25-28-37(36(39)30-34)41-29-17-15-13-10-8-6-4-2/h19-28,30H,3-18,29H2,1-2H3. The van der Waals surface area contributed by atoms with Crippen molar-refractivity contribution in [1.29, 1.82) is 0 Å². The maximum absolute atomic E-state index is 12.7. The van der Waals surface area contributed by atoms with Crippen LogP contribution in [-0.4, -0.2) is 12.6 Å². The summed E-state index contributed by atoms with van der Waals surface area (Å²) in [5, 5.41) is 0.602. The molecule has 0 unspecified atom stereocenters. The van der Waals surface area contributed by atoms with Crippen LogP contribution in [0.5, 0.6) is 11.5 Å². The zero-order chi connectivity index (χ0) is 29.8. The van der Waals surface area contributed by atoms with Crippen molar-refractivity contribution in [3.8, 4) is 22.6 Å². The number of hydrogen-bond acceptors (Lipinski definition) is 3. The van der Waals surface area contributed by atoms with Crippen LogP contribution in [0.25, 0.3) is 11.1 Å². The number of esters is 1. The molecule has 0 aliphatic heterocycles. The molecule has 0 aliphatic carbocycles. The molecule has 3 nitrogen and oxygen atoms in total. The van der Waals surface area contributed by atoms with Crippen molar-refractivity contribution >= 4 is 17.6 Å². The molecule has 0 amide bonds. The number of hydrogen-bond donors (Lipinski definition) is 0. The number of rotatable bonds is 21. The number of unbranched alkanes of at least 4 members (excludes halogenated alkanes) is 13. The van der Waals surface area contributed by atoms with E-state index < -0.39 is 0 Å². The predicted molar refractivity (Wildman–Crippen MR) is 178 cm³/mol. The maximum Gasteiger partial charge on any atom is 0.343 e. The highest BCUT2D eigenvalue weighted by atomic mass is 35.5. The van der Waals surface area contributed by atoms with Crippen molar-refractivity contribution in [3.63, 3.8) is 0 Å². The van der Waals surface area contributed by atoms with Gasteiger partial charge < -0.3 is 9.47 Å². The predicted octanol–water partition coefficient (Wildman–Crippen LogP) is 12.0. The molecule has 228 valence electrons. The molecule has 3 aromatic rings. The number of carbonyl (C=O) groups is 1. The van der Waals surface area contributed by atoms with E-state index >= 15 is 0 Å². The van der Waals surface area contributed by atoms with E-state index in [1.165, 1.54) is 95.5 Å². The van der Waals surface area contributed by atoms with Crippen molar-refractivity contribution in [1.82, 2.24) is 0 Å². The van der Waals surface area contributed by atoms with Crippen LogP contribution in [0, 0.1) is 0 Å². The highest BCUT2D eigenvalue weighted by Crippen LogP contribution is 2.31. The van der Waals surface area contributed by atoms with E-state index in [1.807, 2.05) is 42.5 Å². The van der Waals surface area contributed by atoms with Gasteiger partial charge in [-0.25, -0.2) is 4.79 Å². The van der Waals surface area contributed by atoms with E-state index in [-0.39, 0.29) is 5.97 Å². The van der Waals surface area contributed by atoms with Gasteiger partial charge in [0.2, 0.25) is 0 Å². The van der Waals surface area contributed by atoms with Gasteiger partial charge in [-0.1, -0.05) is 139 Å². The lowest BCUT2D eigenvalue weighted by Crippen LogP contribution is -2.08. The number of halogens is 1. The summed E-state index contributed by atoms with van der Waals surface area (Å²) >= 11 is 6.52. The molecule has 0 bridgehead atoms. The summed E-state index contributed by atoms with van der Waals surface area (Å²) in [6.45, 7) is 5.19. The Bertz CT molecular complexity index is 1150. The minimum atomic E-state index is -0.357. The molecule has 42 heavy (non-hydrogen) atoms. The Morgan fingerprint density at radius 2 is 1.17 bits per heavy atom. The molecular weight excluding hydrogens is 540 g/mol. The molecule has 0 atom stereocenters. The van der Waals surface area contributed by atoms with Crippen LogP contribution in [0.3, 0.4) is 0 Å². The molecule has 0 fully saturated rings. The topological polar surface area (TPSA) is 35.5 Å². The van der Waals surface area contributed by atoms with E-state index in [0.717, 1.165) is 29.7 Å². The second-order valence-electron chi connectivity index (χ2n) is 11.5. The summed E-state index contributed by atoms with van der Waals surface area (Å²) in [7, 11) is 0. The van der Waals surface area contributed by atoms with E-state index in [0.29, 0.717) is 22.9 Å². The van der Waals surface area contributed by atoms with Crippen molar-refractivity contribution in [2.75, 3.05) is 6.61 Å². The molecule has 0 saturated heterocycles. The van der Waals surface area contributed by atoms with Crippen LogP contribution in [0.2, 0.25) is 5.02 Å². The van der Waals surface area contributed by atoms with E-state index in [9.17, 15) is 4.79 Å². The third-order valence-corrected chi connectivity index (χ3v) is 8.14. The molecular formula is C38H51ClO3. The molecule has 0 N–H and O–H groups in total. The van der Waals surface area contributed by atoms with Crippen LogP contribution in [0.4, 0.5) is 0 Å². The molecule has 0 radical (unpaired) electrons. The first-order valence-corrected chi connectivity index (χ1v) is 16.8. The van der Waals surface area contributed by atoms with Gasteiger partial charge in [0.25, 0.3) is 0 Å². The fourth-order valence-corrected chi connectivity index (χ4v) is 5.43. The second kappa shape index (κ2) is 20.2. The zero-order valence-corrected chi connectivity index (χ0v) is 26.7. The van der Waals surface area contributed by atoms with E-state index in [2.05, 4.69) is 26.0 Å². The van der Waals surface area contributed by atoms with Gasteiger partial charge in [-0.15, -0.1) is 0 Å². The average Bonchev–Trinajstić information content (AvgIpc) is 3.01. The fraction of sp³-hybridized carbons (Fsp3) is 0.500. The number of carbonyl (C=O) groups excluding carboxylic acids is 1. The van der Waals surface area contributed by atoms with Gasteiger partial charge in [-0.05, 0) is 72.4 Å². The van der Waals surface area contributed by atoms with E-state index in [1.54, 1.807) is 12.1 Å². The lowest BCUT2D eigenvalue weighted by atomic mass is 10.0. The number of ether oxygens (including phenoxy) is 2. The Kier molecular flexibility index (Phi) is 16.2. The highest BCUT2D eigenvalue weighted by molar-refractivity contribution is 6.32. The first-order chi connectivity index (χ1) is 20.6. The van der Waals surface area contributed by atoms with Gasteiger partial charge in [0, 0.05) is 0 Å². The van der Waals surface area contributed by atoms with Gasteiger partial charge in [0.1, 0.15) is 11.5 Å². The summed E-state index contributed by atoms with van der Waals surface area (Å²) < 4.78 is 11.5. The van der Waals surface area contributed by atoms with Crippen LogP contribution < -0.4 is 9.47 Å². The van der Waals surface area contributed by atoms with Crippen molar-refractivity contribution in [2.45, 2.75) is 117 Å². The summed E-state index contributed by atoms with van der Waals surface area (Å²) in [4.78, 5) is 12.7. The molecule has 4 heteroatoms. The Hall–Kier alpha value is -2.78. The number of aryl methyl sites for hydroxylation is 1. The third-order valence-electron chi connectivity index (χ3n) is 7.84. The first kappa shape index (κ1) is 33.7. The Morgan fingerprint density at radius 1 is 0.619 bits per heavy atom. The van der Waals surface area contributed by atoms with Crippen LogP contribution >= 0.6 is 11.6 Å². The molecule has 0 aromatic heterocycles. The van der Waals surface area contributed by atoms with Crippen molar-refractivity contribution < 1.29 is 14.3 Å². The van der Waals surface area contributed by atoms with Gasteiger partial charge in [-0.3, -0.25) is 0 Å². The molecule has 0 saturated carbocycles. The van der Waals surface area contributed by atoms with Crippen LogP contribution in [0.15, 0.2) is 66.7 Å². The van der Waals surface area contributed by atoms with E-state index in [4.69, 9.17) is 21.1 Å². The first-order valence-electron chi connectivity index (χ1n) is 16.4. The summed E-state index contributed by atoms with van der Waals surface area (Å²) in [6.07, 6.45) is 20.4. The molecule has 0 spiro atoms. The largest absolute Gasteiger partial charge is 0.492 e. The second-order valence-corrected chi connectivity index (χ2v) is 11.9.